The quantitative estimate of drug-likeness (QED) is 0.611. The van der Waals surface area contributed by atoms with Gasteiger partial charge in [0, 0.05) is 24.2 Å². The monoisotopic (exact) mass is 414 g/mol. The maximum Gasteiger partial charge on any atom is 0.252 e. The first-order chi connectivity index (χ1) is 13.9. The minimum absolute atomic E-state index is 0.000400. The molecule has 1 aromatic heterocycles. The van der Waals surface area contributed by atoms with Crippen LogP contribution in [0.15, 0.2) is 53.3 Å². The minimum Gasteiger partial charge on any atom is -0.496 e. The van der Waals surface area contributed by atoms with Crippen molar-refractivity contribution in [2.45, 2.75) is 33.4 Å². The average Bonchev–Trinajstić information content (AvgIpc) is 2.69. The van der Waals surface area contributed by atoms with E-state index in [-0.39, 0.29) is 24.4 Å². The van der Waals surface area contributed by atoms with Gasteiger partial charge in [0.15, 0.2) is 0 Å². The van der Waals surface area contributed by atoms with E-state index in [4.69, 9.17) is 4.74 Å². The van der Waals surface area contributed by atoms with Crippen LogP contribution in [0.2, 0.25) is 0 Å². The Hall–Kier alpha value is -2.64. The molecule has 0 spiro atoms. The Morgan fingerprint density at radius 2 is 1.76 bits per heavy atom. The third-order valence-electron chi connectivity index (χ3n) is 4.91. The van der Waals surface area contributed by atoms with Crippen molar-refractivity contribution in [3.63, 3.8) is 0 Å². The summed E-state index contributed by atoms with van der Waals surface area (Å²) >= 11 is 0. The first kappa shape index (κ1) is 21.1. The van der Waals surface area contributed by atoms with Gasteiger partial charge in [-0.2, -0.15) is 4.31 Å². The number of aromatic nitrogens is 1. The first-order valence-electron chi connectivity index (χ1n) is 9.57. The van der Waals surface area contributed by atoms with Crippen molar-refractivity contribution in [2.75, 3.05) is 12.9 Å². The van der Waals surface area contributed by atoms with Crippen molar-refractivity contribution in [1.29, 1.82) is 0 Å². The number of hydrogen-bond acceptors (Lipinski definition) is 4. The molecule has 0 aliphatic carbocycles. The van der Waals surface area contributed by atoms with Crippen LogP contribution in [0.4, 0.5) is 0 Å². The Balaban J connectivity index is 2.02. The molecule has 0 aliphatic rings. The molecule has 0 atom stereocenters. The lowest BCUT2D eigenvalue weighted by molar-refractivity contribution is 0.375. The second-order valence-electron chi connectivity index (χ2n) is 7.06. The average molecular weight is 415 g/mol. The second kappa shape index (κ2) is 8.80. The summed E-state index contributed by atoms with van der Waals surface area (Å²) in [7, 11) is -1.99. The zero-order valence-corrected chi connectivity index (χ0v) is 17.8. The molecular formula is C22H26N2O4S. The molecule has 3 aromatic rings. The van der Waals surface area contributed by atoms with Crippen LogP contribution < -0.4 is 10.3 Å². The van der Waals surface area contributed by atoms with Gasteiger partial charge in [-0.15, -0.1) is 0 Å². The number of aryl methyl sites for hydroxylation is 1. The fraction of sp³-hybridized carbons (Fsp3) is 0.318. The number of rotatable bonds is 8. The lowest BCUT2D eigenvalue weighted by Gasteiger charge is -2.23. The molecule has 0 saturated heterocycles. The molecule has 0 bridgehead atoms. The number of sulfonamides is 1. The van der Waals surface area contributed by atoms with Gasteiger partial charge in [0.2, 0.25) is 10.0 Å². The van der Waals surface area contributed by atoms with E-state index in [9.17, 15) is 13.2 Å². The van der Waals surface area contributed by atoms with Crippen LogP contribution in [0.3, 0.4) is 0 Å². The molecule has 0 amide bonds. The number of methoxy groups -OCH3 is 1. The zero-order chi connectivity index (χ0) is 21.0. The van der Waals surface area contributed by atoms with Crippen LogP contribution in [0.1, 0.15) is 30.0 Å². The van der Waals surface area contributed by atoms with E-state index in [1.807, 2.05) is 50.2 Å². The fourth-order valence-corrected chi connectivity index (χ4v) is 4.84. The largest absolute Gasteiger partial charge is 0.496 e. The Bertz CT molecular complexity index is 1170. The molecule has 0 unspecified atom stereocenters. The van der Waals surface area contributed by atoms with Crippen molar-refractivity contribution in [3.8, 4) is 5.75 Å². The summed E-state index contributed by atoms with van der Waals surface area (Å²) in [4.78, 5) is 15.6. The van der Waals surface area contributed by atoms with Gasteiger partial charge in [0.25, 0.3) is 5.56 Å². The van der Waals surface area contributed by atoms with Crippen LogP contribution >= 0.6 is 0 Å². The molecular weight excluding hydrogens is 388 g/mol. The molecule has 1 heterocycles. The summed E-state index contributed by atoms with van der Waals surface area (Å²) in [6.07, 6.45) is 0.498. The highest BCUT2D eigenvalue weighted by molar-refractivity contribution is 7.89. The van der Waals surface area contributed by atoms with Gasteiger partial charge in [-0.05, 0) is 36.4 Å². The summed E-state index contributed by atoms with van der Waals surface area (Å²) in [5.41, 5.74) is 2.63. The highest BCUT2D eigenvalue weighted by Crippen LogP contribution is 2.23. The van der Waals surface area contributed by atoms with E-state index < -0.39 is 10.0 Å². The van der Waals surface area contributed by atoms with Gasteiger partial charge < -0.3 is 9.72 Å². The van der Waals surface area contributed by atoms with E-state index in [0.29, 0.717) is 17.7 Å². The van der Waals surface area contributed by atoms with Gasteiger partial charge in [-0.1, -0.05) is 43.3 Å². The summed E-state index contributed by atoms with van der Waals surface area (Å²) < 4.78 is 32.6. The number of hydrogen-bond donors (Lipinski definition) is 1. The van der Waals surface area contributed by atoms with Crippen LogP contribution in [0.5, 0.6) is 5.75 Å². The van der Waals surface area contributed by atoms with Crippen molar-refractivity contribution < 1.29 is 13.2 Å². The molecule has 1 N–H and O–H groups in total. The fourth-order valence-electron chi connectivity index (χ4n) is 3.40. The van der Waals surface area contributed by atoms with Crippen LogP contribution in [0, 0.1) is 6.92 Å². The van der Waals surface area contributed by atoms with Crippen LogP contribution in [-0.4, -0.2) is 30.6 Å². The normalized spacial score (nSPS) is 11.9. The summed E-state index contributed by atoms with van der Waals surface area (Å²) in [6.45, 7) is 3.89. The lowest BCUT2D eigenvalue weighted by atomic mass is 10.1. The van der Waals surface area contributed by atoms with Gasteiger partial charge in [0.1, 0.15) is 5.75 Å². The summed E-state index contributed by atoms with van der Waals surface area (Å²) in [5, 5.41) is 0.879. The second-order valence-corrected chi connectivity index (χ2v) is 9.15. The number of fused-ring (bicyclic) bond motifs is 1. The topological polar surface area (TPSA) is 79.5 Å². The third kappa shape index (κ3) is 4.68. The number of ether oxygens (including phenoxy) is 1. The van der Waals surface area contributed by atoms with Crippen LogP contribution in [-0.2, 0) is 23.1 Å². The molecule has 2 aromatic carbocycles. The Morgan fingerprint density at radius 3 is 2.48 bits per heavy atom. The number of aromatic amines is 1. The molecule has 6 nitrogen and oxygen atoms in total. The standard InChI is InChI=1S/C22H26N2O4S/c1-4-12-29(26,27)24(14-18-9-5-6-11-20(18)28-3)15-19-13-17-10-7-8-16(2)21(17)23-22(19)25/h5-11,13H,4,12,14-15H2,1-3H3,(H,23,25). The Kier molecular flexibility index (Phi) is 6.39. The van der Waals surface area contributed by atoms with Gasteiger partial charge in [0.05, 0.1) is 18.4 Å². The van der Waals surface area contributed by atoms with E-state index in [2.05, 4.69) is 4.98 Å². The third-order valence-corrected chi connectivity index (χ3v) is 6.88. The first-order valence-corrected chi connectivity index (χ1v) is 11.2. The number of H-pyrrole nitrogens is 1. The number of benzene rings is 2. The van der Waals surface area contributed by atoms with Gasteiger partial charge in [-0.25, -0.2) is 8.42 Å². The summed E-state index contributed by atoms with van der Waals surface area (Å²) in [6, 6.07) is 14.8. The Morgan fingerprint density at radius 1 is 1.03 bits per heavy atom. The predicted molar refractivity (Wildman–Crippen MR) is 116 cm³/mol. The van der Waals surface area contributed by atoms with Crippen molar-refractivity contribution in [2.24, 2.45) is 0 Å². The highest BCUT2D eigenvalue weighted by atomic mass is 32.2. The zero-order valence-electron chi connectivity index (χ0n) is 16.9. The Labute approximate surface area is 171 Å². The van der Waals surface area contributed by atoms with Gasteiger partial charge in [-0.3, -0.25) is 4.79 Å². The van der Waals surface area contributed by atoms with Gasteiger partial charge >= 0.3 is 0 Å². The minimum atomic E-state index is -3.55. The molecule has 29 heavy (non-hydrogen) atoms. The molecule has 3 rings (SSSR count). The lowest BCUT2D eigenvalue weighted by Crippen LogP contribution is -2.34. The molecule has 154 valence electrons. The number of pyridine rings is 1. The van der Waals surface area contributed by atoms with Crippen molar-refractivity contribution >= 4 is 20.9 Å². The van der Waals surface area contributed by atoms with E-state index in [1.165, 1.54) is 4.31 Å². The number of para-hydroxylation sites is 2. The molecule has 7 heteroatoms. The summed E-state index contributed by atoms with van der Waals surface area (Å²) in [5.74, 6) is 0.638. The predicted octanol–water partition coefficient (Wildman–Crippen LogP) is 3.59. The highest BCUT2D eigenvalue weighted by Gasteiger charge is 2.24. The SMILES string of the molecule is CCCS(=O)(=O)N(Cc1ccccc1OC)Cc1cc2cccc(C)c2[nH]c1=O. The number of nitrogens with one attached hydrogen (secondary N) is 1. The maximum atomic E-state index is 12.9. The smallest absolute Gasteiger partial charge is 0.252 e. The molecule has 0 radical (unpaired) electrons. The number of nitrogens with zero attached hydrogens (tertiary/aromatic N) is 1. The van der Waals surface area contributed by atoms with Crippen LogP contribution in [0.25, 0.3) is 10.9 Å². The van der Waals surface area contributed by atoms with Crippen molar-refractivity contribution in [1.82, 2.24) is 9.29 Å². The molecule has 0 aliphatic heterocycles. The van der Waals surface area contributed by atoms with Crippen molar-refractivity contribution in [3.05, 3.63) is 75.6 Å². The van der Waals surface area contributed by atoms with E-state index in [0.717, 1.165) is 22.0 Å². The molecule has 0 saturated carbocycles. The maximum absolute atomic E-state index is 12.9. The van der Waals surface area contributed by atoms with E-state index in [1.54, 1.807) is 19.2 Å². The van der Waals surface area contributed by atoms with E-state index >= 15 is 0 Å². The molecule has 0 fully saturated rings.